The summed E-state index contributed by atoms with van der Waals surface area (Å²) in [5, 5.41) is 23.7. The van der Waals surface area contributed by atoms with Gasteiger partial charge in [0, 0.05) is 92.8 Å². The van der Waals surface area contributed by atoms with Crippen LogP contribution in [0.25, 0.3) is 21.8 Å². The molecule has 3 fully saturated rings. The van der Waals surface area contributed by atoms with Gasteiger partial charge in [0.1, 0.15) is 22.9 Å². The number of rotatable bonds is 15. The molecule has 14 nitrogen and oxygen atoms in total. The van der Waals surface area contributed by atoms with Crippen LogP contribution in [0.2, 0.25) is 0 Å². The standard InChI is InChI=1S/C26H40N4O3.C13H15NO3.C12H23N3/c1-19(2)18-33-25-7-3-6-23-22(25)17-24(28-23)26(32)27-20-8-12-30(13-9-20)16-15-29-11-4-5-21(31)10-14-29;1-8(2)7-17-12-5-3-4-10-9(12)6-11(14-10)13(15)16;13-12-4-8-15(9-5-12)11-10-14-6-2-1-3-7-14/h3,6-7,17,19-21,28,31H,4-5,8-16,18H2,1-2H3,(H,27,32);3-6,8,14H,7H2,1-2H3,(H,15,16);1-2,12H,3-11,13H2. The predicted molar refractivity (Wildman–Crippen MR) is 261 cm³/mol. The van der Waals surface area contributed by atoms with Crippen LogP contribution in [-0.4, -0.2) is 162 Å². The molecule has 2 aromatic heterocycles. The lowest BCUT2D eigenvalue weighted by Gasteiger charge is -2.33. The zero-order valence-electron chi connectivity index (χ0n) is 39.6. The Labute approximate surface area is 386 Å². The summed E-state index contributed by atoms with van der Waals surface area (Å²) < 4.78 is 11.6. The molecular formula is C51H78N8O6. The van der Waals surface area contributed by atoms with Crippen LogP contribution in [0.3, 0.4) is 0 Å². The van der Waals surface area contributed by atoms with E-state index in [4.69, 9.17) is 20.3 Å². The molecule has 0 aliphatic carbocycles. The van der Waals surface area contributed by atoms with Gasteiger partial charge in [-0.2, -0.15) is 0 Å². The van der Waals surface area contributed by atoms with Gasteiger partial charge in [0.25, 0.3) is 5.91 Å². The molecule has 4 aromatic rings. The summed E-state index contributed by atoms with van der Waals surface area (Å²) in [6, 6.07) is 15.6. The van der Waals surface area contributed by atoms with Crippen molar-refractivity contribution in [3.8, 4) is 11.5 Å². The number of hydrogen-bond acceptors (Lipinski definition) is 10. The summed E-state index contributed by atoms with van der Waals surface area (Å²) in [6.45, 7) is 23.2. The Bertz CT molecular complexity index is 2080. The number of carbonyl (C=O) groups excluding carboxylic acids is 1. The largest absolute Gasteiger partial charge is 0.493 e. The maximum atomic E-state index is 12.9. The Balaban J connectivity index is 0.000000182. The normalized spacial score (nSPS) is 19.7. The van der Waals surface area contributed by atoms with Gasteiger partial charge in [-0.25, -0.2) is 4.79 Å². The van der Waals surface area contributed by atoms with Crippen molar-refractivity contribution >= 4 is 33.7 Å². The number of piperidine rings is 2. The fourth-order valence-corrected chi connectivity index (χ4v) is 8.82. The van der Waals surface area contributed by atoms with E-state index in [2.05, 4.69) is 74.7 Å². The third kappa shape index (κ3) is 16.1. The number of aliphatic hydroxyl groups is 1. The number of ether oxygens (including phenoxy) is 2. The second-order valence-electron chi connectivity index (χ2n) is 19.3. The van der Waals surface area contributed by atoms with Crippen LogP contribution in [0.4, 0.5) is 0 Å². The molecule has 65 heavy (non-hydrogen) atoms. The molecule has 7 N–H and O–H groups in total. The first-order valence-corrected chi connectivity index (χ1v) is 24.4. The van der Waals surface area contributed by atoms with Gasteiger partial charge in [0.15, 0.2) is 0 Å². The molecule has 6 heterocycles. The molecule has 3 saturated heterocycles. The number of nitrogens with zero attached hydrogens (tertiary/aromatic N) is 4. The van der Waals surface area contributed by atoms with Gasteiger partial charge in [0.05, 0.1) is 19.3 Å². The van der Waals surface area contributed by atoms with Crippen molar-refractivity contribution in [2.45, 2.75) is 97.2 Å². The van der Waals surface area contributed by atoms with Crippen molar-refractivity contribution in [1.82, 2.24) is 34.9 Å². The molecule has 2 aromatic carbocycles. The molecule has 4 aliphatic heterocycles. The third-order valence-corrected chi connectivity index (χ3v) is 12.8. The zero-order chi connectivity index (χ0) is 46.1. The molecule has 1 amide bonds. The Morgan fingerprint density at radius 3 is 1.77 bits per heavy atom. The molecule has 0 radical (unpaired) electrons. The van der Waals surface area contributed by atoms with Crippen molar-refractivity contribution in [2.24, 2.45) is 17.6 Å². The molecule has 4 aliphatic rings. The Morgan fingerprint density at radius 2 is 1.22 bits per heavy atom. The number of aromatic amines is 2. The first-order chi connectivity index (χ1) is 31.4. The molecule has 358 valence electrons. The van der Waals surface area contributed by atoms with Crippen molar-refractivity contribution in [1.29, 1.82) is 0 Å². The van der Waals surface area contributed by atoms with Gasteiger partial charge in [-0.1, -0.05) is 52.0 Å². The van der Waals surface area contributed by atoms with E-state index in [0.29, 0.717) is 36.8 Å². The van der Waals surface area contributed by atoms with Crippen LogP contribution in [0.1, 0.15) is 100 Å². The van der Waals surface area contributed by atoms with Gasteiger partial charge in [-0.3, -0.25) is 9.69 Å². The van der Waals surface area contributed by atoms with Gasteiger partial charge < -0.3 is 55.4 Å². The van der Waals surface area contributed by atoms with E-state index < -0.39 is 5.97 Å². The summed E-state index contributed by atoms with van der Waals surface area (Å²) in [5.41, 5.74) is 8.37. The second-order valence-corrected chi connectivity index (χ2v) is 19.3. The summed E-state index contributed by atoms with van der Waals surface area (Å²) in [6.07, 6.45) is 12.9. The Hall–Kier alpha value is -4.44. The van der Waals surface area contributed by atoms with E-state index in [1.165, 1.54) is 52.0 Å². The van der Waals surface area contributed by atoms with Gasteiger partial charge in [-0.05, 0) is 119 Å². The number of carboxylic acids is 1. The van der Waals surface area contributed by atoms with E-state index in [-0.39, 0.29) is 23.7 Å². The van der Waals surface area contributed by atoms with Gasteiger partial charge in [-0.15, -0.1) is 0 Å². The topological polar surface area (TPSA) is 176 Å². The Morgan fingerprint density at radius 1 is 0.692 bits per heavy atom. The lowest BCUT2D eigenvalue weighted by molar-refractivity contribution is 0.0691. The second kappa shape index (κ2) is 25.5. The third-order valence-electron chi connectivity index (χ3n) is 12.8. The lowest BCUT2D eigenvalue weighted by atomic mass is 10.0. The van der Waals surface area contributed by atoms with Crippen molar-refractivity contribution in [3.05, 3.63) is 72.1 Å². The van der Waals surface area contributed by atoms with E-state index in [1.54, 1.807) is 6.07 Å². The van der Waals surface area contributed by atoms with Crippen molar-refractivity contribution < 1.29 is 29.3 Å². The number of hydrogen-bond donors (Lipinski definition) is 6. The van der Waals surface area contributed by atoms with Crippen LogP contribution < -0.4 is 20.5 Å². The number of aromatic carboxylic acids is 1. The fourth-order valence-electron chi connectivity index (χ4n) is 8.82. The summed E-state index contributed by atoms with van der Waals surface area (Å²) in [5.74, 6) is 1.43. The number of likely N-dealkylation sites (tertiary alicyclic amines) is 3. The number of fused-ring (bicyclic) bond motifs is 2. The number of amides is 1. The fraction of sp³-hybridized carbons (Fsp3) is 0.608. The molecule has 14 heteroatoms. The number of aromatic nitrogens is 2. The quantitative estimate of drug-likeness (QED) is 0.0692. The molecule has 0 spiro atoms. The monoisotopic (exact) mass is 899 g/mol. The molecule has 8 rings (SSSR count). The first-order valence-electron chi connectivity index (χ1n) is 24.4. The number of aliphatic hydroxyl groups excluding tert-OH is 1. The summed E-state index contributed by atoms with van der Waals surface area (Å²) in [7, 11) is 0. The maximum Gasteiger partial charge on any atom is 0.352 e. The van der Waals surface area contributed by atoms with Gasteiger partial charge in [0.2, 0.25) is 0 Å². The van der Waals surface area contributed by atoms with Crippen molar-refractivity contribution in [2.75, 3.05) is 91.8 Å². The van der Waals surface area contributed by atoms with E-state index in [1.807, 2.05) is 42.5 Å². The zero-order valence-corrected chi connectivity index (χ0v) is 39.6. The Kier molecular flexibility index (Phi) is 19.6. The lowest BCUT2D eigenvalue weighted by Crippen LogP contribution is -2.46. The number of nitrogens with one attached hydrogen (secondary N) is 3. The summed E-state index contributed by atoms with van der Waals surface area (Å²) in [4.78, 5) is 40.0. The first kappa shape index (κ1) is 50.0. The van der Waals surface area contributed by atoms with Crippen LogP contribution >= 0.6 is 0 Å². The molecular weight excluding hydrogens is 821 g/mol. The average molecular weight is 899 g/mol. The SMILES string of the molecule is CC(C)COc1cccc2[nH]c(C(=O)NC3CCN(CCN4CCCC(O)CC4)CC3)cc12.CC(C)COc1cccc2[nH]c(C(=O)O)cc12.NC1CCN(CCN2CC=CCC2)CC1. The number of carbonyl (C=O) groups is 2. The number of H-pyrrole nitrogens is 2. The van der Waals surface area contributed by atoms with E-state index in [9.17, 15) is 14.7 Å². The smallest absolute Gasteiger partial charge is 0.352 e. The van der Waals surface area contributed by atoms with Crippen molar-refractivity contribution in [3.63, 3.8) is 0 Å². The van der Waals surface area contributed by atoms with Crippen LogP contribution in [0.5, 0.6) is 11.5 Å². The molecule has 1 unspecified atom stereocenters. The predicted octanol–water partition coefficient (Wildman–Crippen LogP) is 6.82. The van der Waals surface area contributed by atoms with Crippen LogP contribution in [0, 0.1) is 11.8 Å². The summed E-state index contributed by atoms with van der Waals surface area (Å²) >= 11 is 0. The van der Waals surface area contributed by atoms with Gasteiger partial charge >= 0.3 is 5.97 Å². The maximum absolute atomic E-state index is 12.9. The molecule has 0 saturated carbocycles. The highest BCUT2D eigenvalue weighted by molar-refractivity contribution is 6.00. The van der Waals surface area contributed by atoms with Crippen LogP contribution in [0.15, 0.2) is 60.7 Å². The number of benzene rings is 2. The minimum absolute atomic E-state index is 0.0393. The van der Waals surface area contributed by atoms with E-state index in [0.717, 1.165) is 111 Å². The highest BCUT2D eigenvalue weighted by atomic mass is 16.5. The minimum Gasteiger partial charge on any atom is -0.493 e. The van der Waals surface area contributed by atoms with Crippen LogP contribution in [-0.2, 0) is 0 Å². The highest BCUT2D eigenvalue weighted by Crippen LogP contribution is 2.28. The number of carboxylic acid groups (broad SMARTS) is 1. The highest BCUT2D eigenvalue weighted by Gasteiger charge is 2.24. The molecule has 1 atom stereocenters. The average Bonchev–Trinajstić information content (AvgIpc) is 3.90. The molecule has 0 bridgehead atoms. The number of nitrogens with two attached hydrogens (primary N) is 1. The minimum atomic E-state index is -0.962. The van der Waals surface area contributed by atoms with E-state index >= 15 is 0 Å².